The monoisotopic (exact) mass is 291 g/mol. The van der Waals surface area contributed by atoms with Crippen molar-refractivity contribution in [2.45, 2.75) is 6.18 Å². The molecule has 0 bridgehead atoms. The van der Waals surface area contributed by atoms with Crippen LogP contribution in [-0.4, -0.2) is 41.8 Å². The Kier molecular flexibility index (Phi) is 5.69. The molecule has 1 aromatic carbocycles. The van der Waals surface area contributed by atoms with Crippen molar-refractivity contribution in [3.8, 4) is 0 Å². The van der Waals surface area contributed by atoms with E-state index in [2.05, 4.69) is 0 Å². The number of hydrogen-bond donors (Lipinski definition) is 1. The number of alkyl halides is 3. The average molecular weight is 291 g/mol. The third-order valence-corrected chi connectivity index (χ3v) is 2.32. The quantitative estimate of drug-likeness (QED) is 0.667. The summed E-state index contributed by atoms with van der Waals surface area (Å²) in [5, 5.41) is 8.67. The van der Waals surface area contributed by atoms with Gasteiger partial charge in [0.1, 0.15) is 12.4 Å². The second-order valence-electron chi connectivity index (χ2n) is 3.99. The summed E-state index contributed by atoms with van der Waals surface area (Å²) in [4.78, 5) is 12.1. The largest absolute Gasteiger partial charge is 0.406 e. The standard InChI is InChI=1S/C13H13F4NO2/c14-11-3-1-2-10(8-11)4-5-12(20)18(6-7-19)9-13(15,16)17/h1-5,8,19H,6-7,9H2/b5-4+. The molecule has 0 saturated heterocycles. The van der Waals surface area contributed by atoms with Gasteiger partial charge in [-0.25, -0.2) is 4.39 Å². The smallest absolute Gasteiger partial charge is 0.395 e. The molecule has 1 N–H and O–H groups in total. The Balaban J connectivity index is 2.75. The molecule has 0 aliphatic heterocycles. The molecule has 0 fully saturated rings. The van der Waals surface area contributed by atoms with E-state index in [1.807, 2.05) is 0 Å². The number of benzene rings is 1. The van der Waals surface area contributed by atoms with Crippen molar-refractivity contribution in [1.29, 1.82) is 0 Å². The van der Waals surface area contributed by atoms with Gasteiger partial charge < -0.3 is 10.0 Å². The fraction of sp³-hybridized carbons (Fsp3) is 0.308. The number of amides is 1. The third-order valence-electron chi connectivity index (χ3n) is 2.32. The Morgan fingerprint density at radius 1 is 1.35 bits per heavy atom. The van der Waals surface area contributed by atoms with Crippen LogP contribution in [0.1, 0.15) is 5.56 Å². The number of halogens is 4. The summed E-state index contributed by atoms with van der Waals surface area (Å²) in [7, 11) is 0. The summed E-state index contributed by atoms with van der Waals surface area (Å²) in [6.45, 7) is -2.44. The van der Waals surface area contributed by atoms with Gasteiger partial charge in [-0.1, -0.05) is 12.1 Å². The minimum absolute atomic E-state index is 0.356. The Morgan fingerprint density at radius 2 is 2.05 bits per heavy atom. The summed E-state index contributed by atoms with van der Waals surface area (Å²) in [6.07, 6.45) is -2.42. The van der Waals surface area contributed by atoms with E-state index in [0.717, 1.165) is 12.1 Å². The molecule has 0 radical (unpaired) electrons. The van der Waals surface area contributed by atoms with Crippen LogP contribution in [-0.2, 0) is 4.79 Å². The van der Waals surface area contributed by atoms with Crippen molar-refractivity contribution in [1.82, 2.24) is 4.90 Å². The first kappa shape index (κ1) is 16.2. The van der Waals surface area contributed by atoms with Gasteiger partial charge in [-0.3, -0.25) is 4.79 Å². The highest BCUT2D eigenvalue weighted by atomic mass is 19.4. The molecular formula is C13H13F4NO2. The van der Waals surface area contributed by atoms with Crippen molar-refractivity contribution in [3.63, 3.8) is 0 Å². The highest BCUT2D eigenvalue weighted by Gasteiger charge is 2.32. The second kappa shape index (κ2) is 7.04. The molecule has 20 heavy (non-hydrogen) atoms. The summed E-state index contributed by atoms with van der Waals surface area (Å²) < 4.78 is 49.7. The lowest BCUT2D eigenvalue weighted by Gasteiger charge is -2.21. The maximum atomic E-state index is 12.9. The highest BCUT2D eigenvalue weighted by molar-refractivity contribution is 5.91. The number of aliphatic hydroxyl groups excluding tert-OH is 1. The molecule has 1 rings (SSSR count). The molecule has 1 amide bonds. The first-order valence-corrected chi connectivity index (χ1v) is 5.72. The summed E-state index contributed by atoms with van der Waals surface area (Å²) in [5.74, 6) is -1.41. The van der Waals surface area contributed by atoms with Gasteiger partial charge >= 0.3 is 6.18 Å². The first-order valence-electron chi connectivity index (χ1n) is 5.72. The van der Waals surface area contributed by atoms with Gasteiger partial charge in [0, 0.05) is 12.6 Å². The normalized spacial score (nSPS) is 11.8. The molecule has 0 heterocycles. The van der Waals surface area contributed by atoms with Gasteiger partial charge in [0.25, 0.3) is 0 Å². The third kappa shape index (κ3) is 5.83. The minimum atomic E-state index is -4.54. The second-order valence-corrected chi connectivity index (χ2v) is 3.99. The van der Waals surface area contributed by atoms with Crippen LogP contribution in [0.25, 0.3) is 6.08 Å². The fourth-order valence-corrected chi connectivity index (χ4v) is 1.49. The van der Waals surface area contributed by atoms with Crippen LogP contribution in [0.5, 0.6) is 0 Å². The van der Waals surface area contributed by atoms with Crippen LogP contribution in [0, 0.1) is 5.82 Å². The van der Waals surface area contributed by atoms with Crippen LogP contribution in [0.15, 0.2) is 30.3 Å². The van der Waals surface area contributed by atoms with E-state index in [9.17, 15) is 22.4 Å². The van der Waals surface area contributed by atoms with Crippen LogP contribution < -0.4 is 0 Å². The van der Waals surface area contributed by atoms with E-state index >= 15 is 0 Å². The fourth-order valence-electron chi connectivity index (χ4n) is 1.49. The number of rotatable bonds is 5. The summed E-state index contributed by atoms with van der Waals surface area (Å²) >= 11 is 0. The topological polar surface area (TPSA) is 40.5 Å². The lowest BCUT2D eigenvalue weighted by Crippen LogP contribution is -2.39. The molecule has 0 atom stereocenters. The summed E-state index contributed by atoms with van der Waals surface area (Å²) in [5.41, 5.74) is 0.356. The Bertz CT molecular complexity index is 486. The number of nitrogens with zero attached hydrogens (tertiary/aromatic N) is 1. The predicted molar refractivity (Wildman–Crippen MR) is 65.2 cm³/mol. The zero-order chi connectivity index (χ0) is 15.2. The average Bonchev–Trinajstić information content (AvgIpc) is 2.34. The molecule has 0 spiro atoms. The molecule has 0 aromatic heterocycles. The van der Waals surface area contributed by atoms with Crippen molar-refractivity contribution >= 4 is 12.0 Å². The maximum absolute atomic E-state index is 12.9. The molecule has 110 valence electrons. The lowest BCUT2D eigenvalue weighted by atomic mass is 10.2. The minimum Gasteiger partial charge on any atom is -0.395 e. The van der Waals surface area contributed by atoms with Gasteiger partial charge in [0.2, 0.25) is 5.91 Å². The van der Waals surface area contributed by atoms with E-state index in [1.54, 1.807) is 0 Å². The van der Waals surface area contributed by atoms with Crippen molar-refractivity contribution in [2.75, 3.05) is 19.7 Å². The number of aliphatic hydroxyl groups is 1. The van der Waals surface area contributed by atoms with Gasteiger partial charge in [-0.2, -0.15) is 13.2 Å². The number of carbonyl (C=O) groups is 1. The van der Waals surface area contributed by atoms with Crippen LogP contribution >= 0.6 is 0 Å². The molecule has 3 nitrogen and oxygen atoms in total. The van der Waals surface area contributed by atoms with Gasteiger partial charge in [0.05, 0.1) is 6.61 Å². The molecule has 0 unspecified atom stereocenters. The van der Waals surface area contributed by atoms with E-state index < -0.39 is 37.6 Å². The van der Waals surface area contributed by atoms with E-state index in [1.165, 1.54) is 24.3 Å². The Hall–Kier alpha value is -1.89. The maximum Gasteiger partial charge on any atom is 0.406 e. The summed E-state index contributed by atoms with van der Waals surface area (Å²) in [6, 6.07) is 5.28. The predicted octanol–water partition coefficient (Wildman–Crippen LogP) is 2.22. The Morgan fingerprint density at radius 3 is 2.60 bits per heavy atom. The van der Waals surface area contributed by atoms with E-state index in [4.69, 9.17) is 5.11 Å². The highest BCUT2D eigenvalue weighted by Crippen LogP contribution is 2.16. The van der Waals surface area contributed by atoms with Crippen molar-refractivity contribution in [3.05, 3.63) is 41.7 Å². The zero-order valence-corrected chi connectivity index (χ0v) is 10.4. The molecule has 7 heteroatoms. The van der Waals surface area contributed by atoms with Crippen LogP contribution in [0.3, 0.4) is 0 Å². The lowest BCUT2D eigenvalue weighted by molar-refractivity contribution is -0.158. The Labute approximate surface area is 113 Å². The number of hydrogen-bond acceptors (Lipinski definition) is 2. The van der Waals surface area contributed by atoms with Gasteiger partial charge in [0.15, 0.2) is 0 Å². The molecule has 1 aromatic rings. The first-order chi connectivity index (χ1) is 9.31. The molecular weight excluding hydrogens is 278 g/mol. The van der Waals surface area contributed by atoms with Crippen LogP contribution in [0.4, 0.5) is 17.6 Å². The molecule has 0 aliphatic rings. The SMILES string of the molecule is O=C(/C=C/c1cccc(F)c1)N(CCO)CC(F)(F)F. The number of carbonyl (C=O) groups excluding carboxylic acids is 1. The molecule has 0 saturated carbocycles. The van der Waals surface area contributed by atoms with Crippen LogP contribution in [0.2, 0.25) is 0 Å². The van der Waals surface area contributed by atoms with E-state index in [0.29, 0.717) is 10.5 Å². The van der Waals surface area contributed by atoms with Gasteiger partial charge in [-0.05, 0) is 23.8 Å². The zero-order valence-electron chi connectivity index (χ0n) is 10.4. The van der Waals surface area contributed by atoms with E-state index in [-0.39, 0.29) is 0 Å². The van der Waals surface area contributed by atoms with Crippen molar-refractivity contribution < 1.29 is 27.5 Å². The van der Waals surface area contributed by atoms with Crippen molar-refractivity contribution in [2.24, 2.45) is 0 Å². The van der Waals surface area contributed by atoms with Gasteiger partial charge in [-0.15, -0.1) is 0 Å². The molecule has 0 aliphatic carbocycles.